The standard InChI is InChI=1S/C12H18N2O2S/c1-5-7-8-11(9(3)4)14-10(6-2)12(13)17(15)16/h5-8,12H,2-3,13H2,1,4H3,(H,15,16)/b7-5-,11-8+,14-10?. The first-order valence-electron chi connectivity index (χ1n) is 4.99. The van der Waals surface area contributed by atoms with E-state index in [1.807, 2.05) is 13.0 Å². The van der Waals surface area contributed by atoms with E-state index >= 15 is 0 Å². The molecule has 0 aliphatic rings. The van der Waals surface area contributed by atoms with E-state index in [9.17, 15) is 4.21 Å². The summed E-state index contributed by atoms with van der Waals surface area (Å²) < 4.78 is 19.8. The maximum atomic E-state index is 10.9. The molecule has 0 amide bonds. The van der Waals surface area contributed by atoms with Gasteiger partial charge in [0.15, 0.2) is 11.1 Å². The molecule has 0 aromatic carbocycles. The molecule has 2 unspecified atom stereocenters. The number of hydrogen-bond acceptors (Lipinski definition) is 3. The molecule has 2 atom stereocenters. The molecule has 0 aliphatic carbocycles. The Hall–Kier alpha value is -1.30. The predicted molar refractivity (Wildman–Crippen MR) is 74.1 cm³/mol. The van der Waals surface area contributed by atoms with Gasteiger partial charge in [-0.1, -0.05) is 25.3 Å². The zero-order chi connectivity index (χ0) is 13.4. The number of allylic oxidation sites excluding steroid dienone is 4. The third-order valence-electron chi connectivity index (χ3n) is 1.85. The Morgan fingerprint density at radius 1 is 1.59 bits per heavy atom. The maximum absolute atomic E-state index is 10.9. The van der Waals surface area contributed by atoms with Crippen LogP contribution in [0.4, 0.5) is 0 Å². The first kappa shape index (κ1) is 15.7. The summed E-state index contributed by atoms with van der Waals surface area (Å²) in [6.07, 6.45) is 6.76. The quantitative estimate of drug-likeness (QED) is 0.433. The van der Waals surface area contributed by atoms with E-state index in [1.165, 1.54) is 6.08 Å². The van der Waals surface area contributed by atoms with E-state index in [4.69, 9.17) is 10.3 Å². The summed E-state index contributed by atoms with van der Waals surface area (Å²) in [5.74, 6) is 0. The van der Waals surface area contributed by atoms with Gasteiger partial charge in [-0.3, -0.25) is 4.99 Å². The maximum Gasteiger partial charge on any atom is 0.176 e. The van der Waals surface area contributed by atoms with Crippen LogP contribution in [-0.4, -0.2) is 19.8 Å². The monoisotopic (exact) mass is 254 g/mol. The highest BCUT2D eigenvalue weighted by atomic mass is 32.2. The molecule has 0 heterocycles. The van der Waals surface area contributed by atoms with Crippen molar-refractivity contribution in [2.45, 2.75) is 19.2 Å². The summed E-state index contributed by atoms with van der Waals surface area (Å²) in [5, 5.41) is -1.07. The largest absolute Gasteiger partial charge is 0.310 e. The second-order valence-electron chi connectivity index (χ2n) is 3.30. The molecule has 94 valence electrons. The molecule has 5 heteroatoms. The van der Waals surface area contributed by atoms with E-state index in [0.29, 0.717) is 5.70 Å². The third-order valence-corrected chi connectivity index (χ3v) is 2.53. The van der Waals surface area contributed by atoms with Crippen molar-refractivity contribution in [1.82, 2.24) is 0 Å². The molecule has 0 fully saturated rings. The molecule has 17 heavy (non-hydrogen) atoms. The van der Waals surface area contributed by atoms with Crippen molar-refractivity contribution in [3.05, 3.63) is 48.7 Å². The predicted octanol–water partition coefficient (Wildman–Crippen LogP) is 2.16. The minimum absolute atomic E-state index is 0.254. The molecule has 0 saturated carbocycles. The molecule has 0 aromatic rings. The molecule has 0 rings (SSSR count). The highest BCUT2D eigenvalue weighted by Crippen LogP contribution is 2.10. The van der Waals surface area contributed by atoms with Gasteiger partial charge < -0.3 is 10.3 Å². The van der Waals surface area contributed by atoms with Crippen LogP contribution in [0.25, 0.3) is 0 Å². The Morgan fingerprint density at radius 3 is 2.53 bits per heavy atom. The van der Waals surface area contributed by atoms with E-state index in [-0.39, 0.29) is 5.71 Å². The molecule has 0 saturated heterocycles. The average Bonchev–Trinajstić information content (AvgIpc) is 2.28. The van der Waals surface area contributed by atoms with Crippen LogP contribution in [0.15, 0.2) is 53.7 Å². The summed E-state index contributed by atoms with van der Waals surface area (Å²) in [7, 11) is 0. The van der Waals surface area contributed by atoms with Crippen molar-refractivity contribution < 1.29 is 8.76 Å². The number of hydrogen-bond donors (Lipinski definition) is 2. The number of rotatable bonds is 6. The molecule has 0 aromatic heterocycles. The lowest BCUT2D eigenvalue weighted by Gasteiger charge is -2.08. The first-order valence-corrected chi connectivity index (χ1v) is 6.16. The lowest BCUT2D eigenvalue weighted by molar-refractivity contribution is 0.559. The average molecular weight is 254 g/mol. The van der Waals surface area contributed by atoms with Crippen LogP contribution in [0, 0.1) is 0 Å². The van der Waals surface area contributed by atoms with Crippen molar-refractivity contribution in [2.24, 2.45) is 10.7 Å². The molecular weight excluding hydrogens is 236 g/mol. The Morgan fingerprint density at radius 2 is 2.18 bits per heavy atom. The van der Waals surface area contributed by atoms with Crippen molar-refractivity contribution in [2.75, 3.05) is 0 Å². The Balaban J connectivity index is 5.34. The number of aliphatic imine (C=N–C) groups is 1. The zero-order valence-electron chi connectivity index (χ0n) is 10.1. The fourth-order valence-electron chi connectivity index (χ4n) is 0.930. The molecule has 0 spiro atoms. The van der Waals surface area contributed by atoms with Crippen molar-refractivity contribution in [3.63, 3.8) is 0 Å². The van der Waals surface area contributed by atoms with Crippen LogP contribution in [-0.2, 0) is 11.1 Å². The second-order valence-corrected chi connectivity index (χ2v) is 4.36. The van der Waals surface area contributed by atoms with Crippen LogP contribution in [0.5, 0.6) is 0 Å². The first-order chi connectivity index (χ1) is 7.93. The lowest BCUT2D eigenvalue weighted by Crippen LogP contribution is -2.33. The Labute approximate surface area is 105 Å². The molecular formula is C12H18N2O2S. The Kier molecular flexibility index (Phi) is 7.29. The van der Waals surface area contributed by atoms with Crippen molar-refractivity contribution in [3.8, 4) is 0 Å². The van der Waals surface area contributed by atoms with Gasteiger partial charge in [0.1, 0.15) is 5.37 Å². The fraction of sp³-hybridized carbons (Fsp3) is 0.250. The van der Waals surface area contributed by atoms with Crippen molar-refractivity contribution >= 4 is 16.8 Å². The third kappa shape index (κ3) is 5.53. The minimum atomic E-state index is -2.17. The molecule has 0 radical (unpaired) electrons. The normalized spacial score (nSPS) is 16.9. The summed E-state index contributed by atoms with van der Waals surface area (Å²) in [6.45, 7) is 11.0. The van der Waals surface area contributed by atoms with E-state index < -0.39 is 16.5 Å². The van der Waals surface area contributed by atoms with Crippen LogP contribution in [0.2, 0.25) is 0 Å². The minimum Gasteiger partial charge on any atom is -0.310 e. The molecule has 0 aliphatic heterocycles. The molecule has 4 nitrogen and oxygen atoms in total. The smallest absolute Gasteiger partial charge is 0.176 e. The van der Waals surface area contributed by atoms with Gasteiger partial charge in [-0.25, -0.2) is 4.21 Å². The summed E-state index contributed by atoms with van der Waals surface area (Å²) in [5.41, 5.74) is 7.11. The highest BCUT2D eigenvalue weighted by molar-refractivity contribution is 7.80. The van der Waals surface area contributed by atoms with Gasteiger partial charge in [-0.05, 0) is 31.6 Å². The van der Waals surface area contributed by atoms with Crippen LogP contribution < -0.4 is 5.73 Å². The zero-order valence-corrected chi connectivity index (χ0v) is 10.9. The molecule has 0 bridgehead atoms. The van der Waals surface area contributed by atoms with Crippen molar-refractivity contribution in [1.29, 1.82) is 0 Å². The van der Waals surface area contributed by atoms with Gasteiger partial charge in [0, 0.05) is 0 Å². The van der Waals surface area contributed by atoms with Gasteiger partial charge in [0.05, 0.1) is 11.4 Å². The van der Waals surface area contributed by atoms with Gasteiger partial charge in [0.25, 0.3) is 0 Å². The lowest BCUT2D eigenvalue weighted by atomic mass is 10.2. The van der Waals surface area contributed by atoms with Gasteiger partial charge in [0.2, 0.25) is 0 Å². The van der Waals surface area contributed by atoms with Gasteiger partial charge in [-0.2, -0.15) is 0 Å². The van der Waals surface area contributed by atoms with Gasteiger partial charge in [-0.15, -0.1) is 0 Å². The Bertz CT molecular complexity index is 409. The summed E-state index contributed by atoms with van der Waals surface area (Å²) >= 11 is -2.17. The number of nitrogens with two attached hydrogens (primary N) is 1. The fourth-order valence-corrected chi connectivity index (χ4v) is 1.29. The second kappa shape index (κ2) is 7.89. The summed E-state index contributed by atoms with van der Waals surface area (Å²) in [4.78, 5) is 4.18. The molecule has 3 N–H and O–H groups in total. The van der Waals surface area contributed by atoms with Crippen LogP contribution in [0.3, 0.4) is 0 Å². The summed E-state index contributed by atoms with van der Waals surface area (Å²) in [6, 6.07) is 0. The topological polar surface area (TPSA) is 75.7 Å². The van der Waals surface area contributed by atoms with E-state index in [1.54, 1.807) is 19.1 Å². The van der Waals surface area contributed by atoms with Crippen LogP contribution >= 0.6 is 0 Å². The highest BCUT2D eigenvalue weighted by Gasteiger charge is 2.14. The SMILES string of the molecule is C=CC(=N/C(=C/C=C\C)C(=C)C)C(N)S(=O)O. The van der Waals surface area contributed by atoms with E-state index in [0.717, 1.165) is 5.57 Å². The van der Waals surface area contributed by atoms with Gasteiger partial charge >= 0.3 is 0 Å². The van der Waals surface area contributed by atoms with Crippen LogP contribution in [0.1, 0.15) is 13.8 Å². The number of nitrogens with zero attached hydrogens (tertiary/aromatic N) is 1. The van der Waals surface area contributed by atoms with E-state index in [2.05, 4.69) is 18.2 Å².